The van der Waals surface area contributed by atoms with Crippen molar-refractivity contribution in [2.24, 2.45) is 0 Å². The van der Waals surface area contributed by atoms with Gasteiger partial charge in [0.1, 0.15) is 18.5 Å². The van der Waals surface area contributed by atoms with Crippen LogP contribution in [0.4, 0.5) is 11.6 Å². The summed E-state index contributed by atoms with van der Waals surface area (Å²) in [6.07, 6.45) is -0.554. The van der Waals surface area contributed by atoms with E-state index < -0.39 is 6.10 Å². The van der Waals surface area contributed by atoms with Crippen LogP contribution in [0.1, 0.15) is 11.4 Å². The van der Waals surface area contributed by atoms with Crippen molar-refractivity contribution in [3.05, 3.63) is 41.7 Å². The van der Waals surface area contributed by atoms with Gasteiger partial charge in [0.25, 0.3) is 0 Å². The number of aryl methyl sites for hydroxylation is 2. The SMILES string of the molecule is Cc1nc(N(C)C)nc(C)c1NCCNCC(O)COc1ccccc1. The highest BCUT2D eigenvalue weighted by atomic mass is 16.5. The summed E-state index contributed by atoms with van der Waals surface area (Å²) >= 11 is 0. The molecule has 1 heterocycles. The first-order chi connectivity index (χ1) is 12.5. The molecule has 3 N–H and O–H groups in total. The molecule has 1 unspecified atom stereocenters. The van der Waals surface area contributed by atoms with Crippen molar-refractivity contribution in [1.29, 1.82) is 0 Å². The highest BCUT2D eigenvalue weighted by molar-refractivity contribution is 5.54. The van der Waals surface area contributed by atoms with Crippen LogP contribution in [0.3, 0.4) is 0 Å². The number of benzene rings is 1. The lowest BCUT2D eigenvalue weighted by Gasteiger charge is -2.17. The molecule has 0 aliphatic carbocycles. The van der Waals surface area contributed by atoms with Gasteiger partial charge in [-0.15, -0.1) is 0 Å². The summed E-state index contributed by atoms with van der Waals surface area (Å²) in [5, 5.41) is 16.5. The van der Waals surface area contributed by atoms with Gasteiger partial charge in [0.2, 0.25) is 5.95 Å². The van der Waals surface area contributed by atoms with Crippen LogP contribution < -0.4 is 20.3 Å². The van der Waals surface area contributed by atoms with Crippen LogP contribution in [0.2, 0.25) is 0 Å². The summed E-state index contributed by atoms with van der Waals surface area (Å²) in [7, 11) is 3.86. The Balaban J connectivity index is 1.67. The highest BCUT2D eigenvalue weighted by Crippen LogP contribution is 2.19. The standard InChI is InChI=1S/C19H29N5O2/c1-14-18(15(2)23-19(22-14)24(3)4)21-11-10-20-12-16(25)13-26-17-8-6-5-7-9-17/h5-9,16,20-21,25H,10-13H2,1-4H3. The molecule has 1 aromatic heterocycles. The van der Waals surface area contributed by atoms with Gasteiger partial charge in [0.05, 0.1) is 17.1 Å². The van der Waals surface area contributed by atoms with E-state index in [4.69, 9.17) is 4.74 Å². The van der Waals surface area contributed by atoms with Crippen molar-refractivity contribution in [2.75, 3.05) is 50.6 Å². The lowest BCUT2D eigenvalue weighted by atomic mass is 10.3. The average Bonchev–Trinajstić information content (AvgIpc) is 2.62. The first kappa shape index (κ1) is 19.9. The quantitative estimate of drug-likeness (QED) is 0.556. The minimum Gasteiger partial charge on any atom is -0.491 e. The van der Waals surface area contributed by atoms with E-state index in [1.54, 1.807) is 0 Å². The predicted molar refractivity (Wildman–Crippen MR) is 105 cm³/mol. The van der Waals surface area contributed by atoms with Crippen LogP contribution in [-0.2, 0) is 0 Å². The van der Waals surface area contributed by atoms with E-state index in [9.17, 15) is 5.11 Å². The van der Waals surface area contributed by atoms with Gasteiger partial charge in [-0.05, 0) is 26.0 Å². The van der Waals surface area contributed by atoms with Crippen LogP contribution in [-0.4, -0.2) is 61.5 Å². The molecule has 0 spiro atoms. The van der Waals surface area contributed by atoms with Crippen molar-refractivity contribution < 1.29 is 9.84 Å². The maximum Gasteiger partial charge on any atom is 0.225 e. The molecular formula is C19H29N5O2. The maximum absolute atomic E-state index is 9.97. The molecule has 1 aromatic carbocycles. The number of para-hydroxylation sites is 1. The van der Waals surface area contributed by atoms with Gasteiger partial charge in [-0.1, -0.05) is 18.2 Å². The topological polar surface area (TPSA) is 82.5 Å². The third-order valence-electron chi connectivity index (χ3n) is 3.83. The molecule has 0 aliphatic heterocycles. The minimum atomic E-state index is -0.554. The van der Waals surface area contributed by atoms with E-state index in [0.29, 0.717) is 12.5 Å². The van der Waals surface area contributed by atoms with Crippen molar-refractivity contribution >= 4 is 11.6 Å². The molecule has 7 heteroatoms. The Morgan fingerprint density at radius 1 is 1.08 bits per heavy atom. The number of nitrogens with one attached hydrogen (secondary N) is 2. The van der Waals surface area contributed by atoms with Gasteiger partial charge >= 0.3 is 0 Å². The largest absolute Gasteiger partial charge is 0.491 e. The predicted octanol–water partition coefficient (Wildman–Crippen LogP) is 1.60. The third kappa shape index (κ3) is 6.16. The van der Waals surface area contributed by atoms with Crippen molar-refractivity contribution in [3.63, 3.8) is 0 Å². The Bertz CT molecular complexity index is 656. The molecule has 0 saturated heterocycles. The summed E-state index contributed by atoms with van der Waals surface area (Å²) in [6.45, 7) is 6.13. The second kappa shape index (κ2) is 9.94. The number of hydrogen-bond donors (Lipinski definition) is 3. The zero-order chi connectivity index (χ0) is 18.9. The van der Waals surface area contributed by atoms with Crippen LogP contribution in [0.25, 0.3) is 0 Å². The number of nitrogens with zero attached hydrogens (tertiary/aromatic N) is 3. The number of rotatable bonds is 10. The monoisotopic (exact) mass is 359 g/mol. The van der Waals surface area contributed by atoms with Gasteiger partial charge in [0.15, 0.2) is 0 Å². The van der Waals surface area contributed by atoms with Crippen LogP contribution >= 0.6 is 0 Å². The van der Waals surface area contributed by atoms with Crippen molar-refractivity contribution in [1.82, 2.24) is 15.3 Å². The van der Waals surface area contributed by atoms with E-state index in [2.05, 4.69) is 20.6 Å². The lowest BCUT2D eigenvalue weighted by molar-refractivity contribution is 0.107. The Kier molecular flexibility index (Phi) is 7.62. The Labute approximate surface area is 155 Å². The molecule has 7 nitrogen and oxygen atoms in total. The molecule has 0 aliphatic rings. The summed E-state index contributed by atoms with van der Waals surface area (Å²) in [5.74, 6) is 1.48. The van der Waals surface area contributed by atoms with Gasteiger partial charge in [-0.2, -0.15) is 0 Å². The molecule has 26 heavy (non-hydrogen) atoms. The summed E-state index contributed by atoms with van der Waals surface area (Å²) < 4.78 is 5.53. The fourth-order valence-corrected chi connectivity index (χ4v) is 2.47. The summed E-state index contributed by atoms with van der Waals surface area (Å²) in [4.78, 5) is 10.9. The van der Waals surface area contributed by atoms with Crippen LogP contribution in [0, 0.1) is 13.8 Å². The second-order valence-corrected chi connectivity index (χ2v) is 6.37. The lowest BCUT2D eigenvalue weighted by Crippen LogP contribution is -2.34. The molecular weight excluding hydrogens is 330 g/mol. The van der Waals surface area contributed by atoms with E-state index in [0.717, 1.165) is 35.9 Å². The van der Waals surface area contributed by atoms with Gasteiger partial charge in [-0.25, -0.2) is 9.97 Å². The van der Waals surface area contributed by atoms with Crippen LogP contribution in [0.15, 0.2) is 30.3 Å². The molecule has 1 atom stereocenters. The van der Waals surface area contributed by atoms with E-state index in [-0.39, 0.29) is 6.61 Å². The van der Waals surface area contributed by atoms with Crippen molar-refractivity contribution in [2.45, 2.75) is 20.0 Å². The highest BCUT2D eigenvalue weighted by Gasteiger charge is 2.09. The number of aliphatic hydroxyl groups excluding tert-OH is 1. The Morgan fingerprint density at radius 2 is 1.73 bits per heavy atom. The van der Waals surface area contributed by atoms with Crippen molar-refractivity contribution in [3.8, 4) is 5.75 Å². The maximum atomic E-state index is 9.97. The van der Waals surface area contributed by atoms with Gasteiger partial charge in [-0.3, -0.25) is 0 Å². The summed E-state index contributed by atoms with van der Waals surface area (Å²) in [5.41, 5.74) is 2.82. The number of ether oxygens (including phenoxy) is 1. The van der Waals surface area contributed by atoms with E-state index in [1.807, 2.05) is 63.2 Å². The molecule has 2 aromatic rings. The van der Waals surface area contributed by atoms with Gasteiger partial charge in [0, 0.05) is 33.7 Å². The fourth-order valence-electron chi connectivity index (χ4n) is 2.47. The molecule has 0 saturated carbocycles. The Hall–Kier alpha value is -2.38. The molecule has 0 amide bonds. The number of aliphatic hydroxyl groups is 1. The summed E-state index contributed by atoms with van der Waals surface area (Å²) in [6, 6.07) is 9.49. The average molecular weight is 359 g/mol. The first-order valence-corrected chi connectivity index (χ1v) is 8.80. The number of aromatic nitrogens is 2. The third-order valence-corrected chi connectivity index (χ3v) is 3.83. The Morgan fingerprint density at radius 3 is 2.35 bits per heavy atom. The normalized spacial score (nSPS) is 11.9. The second-order valence-electron chi connectivity index (χ2n) is 6.37. The molecule has 0 fully saturated rings. The molecule has 0 radical (unpaired) electrons. The minimum absolute atomic E-state index is 0.266. The smallest absolute Gasteiger partial charge is 0.225 e. The molecule has 2 rings (SSSR count). The van der Waals surface area contributed by atoms with E-state index in [1.165, 1.54) is 0 Å². The zero-order valence-corrected chi connectivity index (χ0v) is 16.0. The van der Waals surface area contributed by atoms with Crippen LogP contribution in [0.5, 0.6) is 5.75 Å². The fraction of sp³-hybridized carbons (Fsp3) is 0.474. The van der Waals surface area contributed by atoms with Gasteiger partial charge < -0.3 is 25.4 Å². The van der Waals surface area contributed by atoms with E-state index >= 15 is 0 Å². The molecule has 142 valence electrons. The number of anilines is 2. The zero-order valence-electron chi connectivity index (χ0n) is 16.0. The molecule has 0 bridgehead atoms. The number of hydrogen-bond acceptors (Lipinski definition) is 7. The first-order valence-electron chi connectivity index (χ1n) is 8.80.